The maximum absolute atomic E-state index is 13.3. The Morgan fingerprint density at radius 3 is 2.59 bits per heavy atom. The summed E-state index contributed by atoms with van der Waals surface area (Å²) in [5, 5.41) is 2.09. The summed E-state index contributed by atoms with van der Waals surface area (Å²) in [5.74, 6) is 0.0123. The number of carbonyl (C=O) groups excluding carboxylic acids is 1. The first-order valence-corrected chi connectivity index (χ1v) is 10.7. The molecule has 0 bridgehead atoms. The molecule has 2 fully saturated rings. The number of halogens is 2. The molecule has 0 spiro atoms. The van der Waals surface area contributed by atoms with E-state index in [0.29, 0.717) is 19.6 Å². The number of amides is 1. The van der Waals surface area contributed by atoms with Crippen LogP contribution in [-0.2, 0) is 14.3 Å². The first kappa shape index (κ1) is 26.6. The van der Waals surface area contributed by atoms with E-state index in [1.807, 2.05) is 32.7 Å². The van der Waals surface area contributed by atoms with Gasteiger partial charge in [0.25, 0.3) is 0 Å². The van der Waals surface area contributed by atoms with Gasteiger partial charge in [0.15, 0.2) is 0 Å². The zero-order chi connectivity index (χ0) is 19.7. The van der Waals surface area contributed by atoms with Crippen LogP contribution >= 0.6 is 36.2 Å². The summed E-state index contributed by atoms with van der Waals surface area (Å²) in [6.07, 6.45) is 0.621. The van der Waals surface area contributed by atoms with E-state index in [-0.39, 0.29) is 48.3 Å². The van der Waals surface area contributed by atoms with Gasteiger partial charge < -0.3 is 20.1 Å². The lowest BCUT2D eigenvalue weighted by Crippen LogP contribution is -2.76. The van der Waals surface area contributed by atoms with Crippen molar-refractivity contribution in [2.45, 2.75) is 44.9 Å². The van der Waals surface area contributed by atoms with Crippen molar-refractivity contribution < 1.29 is 14.3 Å². The molecule has 3 rings (SSSR count). The summed E-state index contributed by atoms with van der Waals surface area (Å²) in [5.41, 5.74) is 5.38. The number of ether oxygens (including phenoxy) is 2. The SMILES string of the molecule is CCOC1CC(N)(C(=O)N(C)CC(c2cccs2)N2CCOCC2)C1(C)C.Cl.Cl. The van der Waals surface area contributed by atoms with E-state index in [4.69, 9.17) is 15.2 Å². The minimum atomic E-state index is -0.868. The lowest BCUT2D eigenvalue weighted by atomic mass is 9.54. The second-order valence-electron chi connectivity index (χ2n) is 8.21. The predicted molar refractivity (Wildman–Crippen MR) is 122 cm³/mol. The van der Waals surface area contributed by atoms with E-state index < -0.39 is 5.54 Å². The van der Waals surface area contributed by atoms with Crippen molar-refractivity contribution in [1.29, 1.82) is 0 Å². The molecule has 0 aromatic carbocycles. The van der Waals surface area contributed by atoms with E-state index in [9.17, 15) is 4.79 Å². The predicted octanol–water partition coefficient (Wildman–Crippen LogP) is 2.96. The number of likely N-dealkylation sites (N-methyl/N-ethyl adjacent to an activating group) is 1. The quantitative estimate of drug-likeness (QED) is 0.667. The number of nitrogens with zero attached hydrogens (tertiary/aromatic N) is 2. The fourth-order valence-electron chi connectivity index (χ4n) is 4.24. The number of nitrogens with two attached hydrogens (primary N) is 1. The highest BCUT2D eigenvalue weighted by Crippen LogP contribution is 2.50. The minimum absolute atomic E-state index is 0. The van der Waals surface area contributed by atoms with Crippen molar-refractivity contribution in [2.75, 3.05) is 46.5 Å². The summed E-state index contributed by atoms with van der Waals surface area (Å²) in [4.78, 5) is 18.8. The van der Waals surface area contributed by atoms with Gasteiger partial charge in [-0.25, -0.2) is 0 Å². The fourth-order valence-corrected chi connectivity index (χ4v) is 5.09. The van der Waals surface area contributed by atoms with Gasteiger partial charge in [-0.15, -0.1) is 36.2 Å². The number of hydrogen-bond donors (Lipinski definition) is 1. The van der Waals surface area contributed by atoms with E-state index >= 15 is 0 Å². The topological polar surface area (TPSA) is 68.0 Å². The molecule has 1 aromatic heterocycles. The Morgan fingerprint density at radius 1 is 1.41 bits per heavy atom. The molecule has 3 unspecified atom stereocenters. The Bertz CT molecular complexity index is 641. The van der Waals surface area contributed by atoms with Crippen molar-refractivity contribution >= 4 is 42.1 Å². The molecule has 0 radical (unpaired) electrons. The van der Waals surface area contributed by atoms with E-state index in [1.165, 1.54) is 4.88 Å². The number of hydrogen-bond acceptors (Lipinski definition) is 6. The van der Waals surface area contributed by atoms with Crippen LogP contribution in [0.15, 0.2) is 17.5 Å². The zero-order valence-corrected chi connectivity index (χ0v) is 20.2. The lowest BCUT2D eigenvalue weighted by molar-refractivity contribution is -0.178. The molecule has 2 aliphatic rings. The molecule has 9 heteroatoms. The van der Waals surface area contributed by atoms with Crippen LogP contribution in [0.1, 0.15) is 38.1 Å². The van der Waals surface area contributed by atoms with Crippen molar-refractivity contribution in [3.8, 4) is 0 Å². The van der Waals surface area contributed by atoms with Crippen LogP contribution in [0.5, 0.6) is 0 Å². The van der Waals surface area contributed by atoms with Crippen LogP contribution in [0.25, 0.3) is 0 Å². The maximum atomic E-state index is 13.3. The number of carbonyl (C=O) groups is 1. The van der Waals surface area contributed by atoms with Gasteiger partial charge in [0.1, 0.15) is 5.54 Å². The molecular formula is C20H35Cl2N3O3S. The van der Waals surface area contributed by atoms with Crippen LogP contribution in [0.3, 0.4) is 0 Å². The summed E-state index contributed by atoms with van der Waals surface area (Å²) >= 11 is 1.74. The van der Waals surface area contributed by atoms with Crippen LogP contribution in [0.2, 0.25) is 0 Å². The molecule has 1 aliphatic carbocycles. The highest BCUT2D eigenvalue weighted by Gasteiger charge is 2.63. The van der Waals surface area contributed by atoms with Crippen molar-refractivity contribution in [3.63, 3.8) is 0 Å². The summed E-state index contributed by atoms with van der Waals surface area (Å²) in [6.45, 7) is 10.6. The third-order valence-electron chi connectivity index (χ3n) is 6.36. The van der Waals surface area contributed by atoms with Crippen LogP contribution in [0.4, 0.5) is 0 Å². The Morgan fingerprint density at radius 2 is 2.07 bits per heavy atom. The fraction of sp³-hybridized carbons (Fsp3) is 0.750. The summed E-state index contributed by atoms with van der Waals surface area (Å²) in [7, 11) is 1.88. The normalized spacial score (nSPS) is 27.1. The molecule has 1 aromatic rings. The molecule has 1 saturated heterocycles. The third-order valence-corrected chi connectivity index (χ3v) is 7.34. The standard InChI is InChI=1S/C20H33N3O3S.2ClH/c1-5-26-17-13-20(21,19(17,2)3)18(24)22(4)14-15(16-7-6-12-27-16)23-8-10-25-11-9-23;;/h6-7,12,15,17H,5,8-11,13-14,21H2,1-4H3;2*1H. The van der Waals surface area contributed by atoms with Crippen LogP contribution in [0, 0.1) is 5.41 Å². The Labute approximate surface area is 190 Å². The first-order valence-electron chi connectivity index (χ1n) is 9.82. The molecule has 29 heavy (non-hydrogen) atoms. The average molecular weight is 468 g/mol. The van der Waals surface area contributed by atoms with Gasteiger partial charge >= 0.3 is 0 Å². The number of thiophene rings is 1. The Hall–Kier alpha value is -0.410. The van der Waals surface area contributed by atoms with Gasteiger partial charge in [-0.3, -0.25) is 9.69 Å². The molecule has 1 aliphatic heterocycles. The van der Waals surface area contributed by atoms with Crippen LogP contribution < -0.4 is 5.73 Å². The number of morpholine rings is 1. The molecule has 2 N–H and O–H groups in total. The molecule has 168 valence electrons. The molecule has 1 amide bonds. The average Bonchev–Trinajstić information content (AvgIpc) is 3.20. The largest absolute Gasteiger partial charge is 0.379 e. The molecular weight excluding hydrogens is 433 g/mol. The van der Waals surface area contributed by atoms with Gasteiger partial charge in [0.05, 0.1) is 25.4 Å². The first-order chi connectivity index (χ1) is 12.8. The van der Waals surface area contributed by atoms with Gasteiger partial charge in [-0.05, 0) is 18.4 Å². The highest BCUT2D eigenvalue weighted by atomic mass is 35.5. The van der Waals surface area contributed by atoms with Gasteiger partial charge in [0.2, 0.25) is 5.91 Å². The minimum Gasteiger partial charge on any atom is -0.379 e. The van der Waals surface area contributed by atoms with E-state index in [1.54, 1.807) is 11.3 Å². The second-order valence-corrected chi connectivity index (χ2v) is 9.19. The van der Waals surface area contributed by atoms with Gasteiger partial charge in [0, 0.05) is 50.0 Å². The zero-order valence-electron chi connectivity index (χ0n) is 17.8. The highest BCUT2D eigenvalue weighted by molar-refractivity contribution is 7.10. The van der Waals surface area contributed by atoms with Crippen LogP contribution in [-0.4, -0.2) is 73.9 Å². The lowest BCUT2D eigenvalue weighted by Gasteiger charge is -2.58. The molecule has 2 heterocycles. The summed E-state index contributed by atoms with van der Waals surface area (Å²) < 4.78 is 11.3. The maximum Gasteiger partial charge on any atom is 0.243 e. The Balaban J connectivity index is 0.00000210. The van der Waals surface area contributed by atoms with E-state index in [0.717, 1.165) is 26.3 Å². The number of rotatable bonds is 7. The monoisotopic (exact) mass is 467 g/mol. The third kappa shape index (κ3) is 5.09. The Kier molecular flexibility index (Phi) is 9.87. The van der Waals surface area contributed by atoms with Crippen molar-refractivity contribution in [1.82, 2.24) is 9.80 Å². The van der Waals surface area contributed by atoms with Crippen molar-refractivity contribution in [2.24, 2.45) is 11.1 Å². The molecule has 6 nitrogen and oxygen atoms in total. The van der Waals surface area contributed by atoms with E-state index in [2.05, 4.69) is 22.4 Å². The van der Waals surface area contributed by atoms with Gasteiger partial charge in [-0.1, -0.05) is 19.9 Å². The molecule has 1 saturated carbocycles. The molecule has 3 atom stereocenters. The smallest absolute Gasteiger partial charge is 0.243 e. The van der Waals surface area contributed by atoms with Crippen molar-refractivity contribution in [3.05, 3.63) is 22.4 Å². The second kappa shape index (κ2) is 10.8. The van der Waals surface area contributed by atoms with Gasteiger partial charge in [-0.2, -0.15) is 0 Å². The summed E-state index contributed by atoms with van der Waals surface area (Å²) in [6, 6.07) is 4.40.